The van der Waals surface area contributed by atoms with Gasteiger partial charge in [-0.25, -0.2) is 0 Å². The predicted molar refractivity (Wildman–Crippen MR) is 66.2 cm³/mol. The second kappa shape index (κ2) is 5.10. The van der Waals surface area contributed by atoms with E-state index in [-0.39, 0.29) is 11.6 Å². The van der Waals surface area contributed by atoms with Crippen LogP contribution < -0.4 is 5.32 Å². The molecule has 2 nitrogen and oxygen atoms in total. The standard InChI is InChI=1S/C12H21NOS/c1-5-9(13-12(2,3)4)11(14)10-7-6-8-15-10/h6-9,11,13-14H,5H2,1-4H3. The average Bonchev–Trinajstić information content (AvgIpc) is 2.64. The Morgan fingerprint density at radius 2 is 2.13 bits per heavy atom. The van der Waals surface area contributed by atoms with E-state index in [1.165, 1.54) is 0 Å². The van der Waals surface area contributed by atoms with Crippen molar-refractivity contribution in [3.8, 4) is 0 Å². The minimum atomic E-state index is -0.394. The number of rotatable bonds is 4. The van der Waals surface area contributed by atoms with Crippen LogP contribution in [0.3, 0.4) is 0 Å². The minimum absolute atomic E-state index is 0.0406. The Morgan fingerprint density at radius 3 is 2.53 bits per heavy atom. The highest BCUT2D eigenvalue weighted by atomic mass is 32.1. The van der Waals surface area contributed by atoms with Crippen LogP contribution in [0.5, 0.6) is 0 Å². The fourth-order valence-electron chi connectivity index (χ4n) is 1.62. The van der Waals surface area contributed by atoms with Crippen LogP contribution in [0.1, 0.15) is 45.1 Å². The lowest BCUT2D eigenvalue weighted by molar-refractivity contribution is 0.114. The molecule has 86 valence electrons. The van der Waals surface area contributed by atoms with E-state index in [1.807, 2.05) is 17.5 Å². The molecule has 1 heterocycles. The molecule has 0 aliphatic carbocycles. The minimum Gasteiger partial charge on any atom is -0.386 e. The van der Waals surface area contributed by atoms with Crippen LogP contribution in [-0.2, 0) is 0 Å². The maximum Gasteiger partial charge on any atom is 0.103 e. The third-order valence-corrected chi connectivity index (χ3v) is 3.22. The van der Waals surface area contributed by atoms with E-state index in [0.29, 0.717) is 0 Å². The first kappa shape index (κ1) is 12.7. The fourth-order valence-corrected chi connectivity index (χ4v) is 2.39. The highest BCUT2D eigenvalue weighted by Crippen LogP contribution is 2.24. The van der Waals surface area contributed by atoms with Gasteiger partial charge in [0.15, 0.2) is 0 Å². The van der Waals surface area contributed by atoms with E-state index in [0.717, 1.165) is 11.3 Å². The summed E-state index contributed by atoms with van der Waals surface area (Å²) >= 11 is 1.61. The molecule has 2 atom stereocenters. The van der Waals surface area contributed by atoms with Gasteiger partial charge in [0.1, 0.15) is 6.10 Å². The highest BCUT2D eigenvalue weighted by molar-refractivity contribution is 7.10. The van der Waals surface area contributed by atoms with Crippen molar-refractivity contribution in [2.24, 2.45) is 0 Å². The van der Waals surface area contributed by atoms with Gasteiger partial charge in [0.25, 0.3) is 0 Å². The van der Waals surface area contributed by atoms with Gasteiger partial charge in [-0.05, 0) is 38.6 Å². The molecule has 2 unspecified atom stereocenters. The van der Waals surface area contributed by atoms with Crippen LogP contribution in [0.25, 0.3) is 0 Å². The summed E-state index contributed by atoms with van der Waals surface area (Å²) in [6.45, 7) is 8.46. The van der Waals surface area contributed by atoms with Crippen LogP contribution in [0, 0.1) is 0 Å². The van der Waals surface area contributed by atoms with Crippen molar-refractivity contribution in [2.75, 3.05) is 0 Å². The van der Waals surface area contributed by atoms with E-state index < -0.39 is 6.10 Å². The first-order valence-corrected chi connectivity index (χ1v) is 6.31. The Morgan fingerprint density at radius 1 is 1.47 bits per heavy atom. The van der Waals surface area contributed by atoms with Gasteiger partial charge >= 0.3 is 0 Å². The van der Waals surface area contributed by atoms with Crippen LogP contribution in [0.2, 0.25) is 0 Å². The molecule has 0 fully saturated rings. The smallest absolute Gasteiger partial charge is 0.103 e. The SMILES string of the molecule is CCC(NC(C)(C)C)C(O)c1cccs1. The topological polar surface area (TPSA) is 32.3 Å². The van der Waals surface area contributed by atoms with Crippen molar-refractivity contribution >= 4 is 11.3 Å². The maximum atomic E-state index is 10.2. The zero-order valence-electron chi connectivity index (χ0n) is 9.95. The number of thiophene rings is 1. The molecule has 1 aromatic rings. The van der Waals surface area contributed by atoms with Crippen molar-refractivity contribution in [3.63, 3.8) is 0 Å². The Bertz CT molecular complexity index is 276. The lowest BCUT2D eigenvalue weighted by Crippen LogP contribution is -2.46. The Balaban J connectivity index is 2.67. The lowest BCUT2D eigenvalue weighted by atomic mass is 10.0. The van der Waals surface area contributed by atoms with Gasteiger partial charge in [-0.3, -0.25) is 0 Å². The molecule has 0 amide bonds. The van der Waals surface area contributed by atoms with Crippen LogP contribution in [0.4, 0.5) is 0 Å². The maximum absolute atomic E-state index is 10.2. The summed E-state index contributed by atoms with van der Waals surface area (Å²) in [5.74, 6) is 0. The van der Waals surface area contributed by atoms with Gasteiger partial charge in [-0.1, -0.05) is 13.0 Å². The van der Waals surface area contributed by atoms with Gasteiger partial charge in [0.2, 0.25) is 0 Å². The van der Waals surface area contributed by atoms with E-state index in [2.05, 4.69) is 33.0 Å². The van der Waals surface area contributed by atoms with E-state index in [9.17, 15) is 5.11 Å². The van der Waals surface area contributed by atoms with Crippen LogP contribution >= 0.6 is 11.3 Å². The lowest BCUT2D eigenvalue weighted by Gasteiger charge is -2.30. The van der Waals surface area contributed by atoms with Crippen LogP contribution in [0.15, 0.2) is 17.5 Å². The number of aliphatic hydroxyl groups excluding tert-OH is 1. The van der Waals surface area contributed by atoms with E-state index in [4.69, 9.17) is 0 Å². The van der Waals surface area contributed by atoms with Crippen molar-refractivity contribution in [2.45, 2.75) is 51.8 Å². The number of hydrogen-bond acceptors (Lipinski definition) is 3. The molecule has 0 radical (unpaired) electrons. The molecule has 2 N–H and O–H groups in total. The zero-order chi connectivity index (χ0) is 11.5. The molecular formula is C12H21NOS. The van der Waals surface area contributed by atoms with Crippen molar-refractivity contribution in [3.05, 3.63) is 22.4 Å². The van der Waals surface area contributed by atoms with Crippen molar-refractivity contribution < 1.29 is 5.11 Å². The Kier molecular flexibility index (Phi) is 4.32. The summed E-state index contributed by atoms with van der Waals surface area (Å²) in [7, 11) is 0. The Hall–Kier alpha value is -0.380. The molecule has 15 heavy (non-hydrogen) atoms. The van der Waals surface area contributed by atoms with E-state index >= 15 is 0 Å². The quantitative estimate of drug-likeness (QED) is 0.829. The summed E-state index contributed by atoms with van der Waals surface area (Å²) in [4.78, 5) is 1.04. The molecule has 3 heteroatoms. The first-order chi connectivity index (χ1) is 6.94. The van der Waals surface area contributed by atoms with Gasteiger partial charge in [0, 0.05) is 16.5 Å². The fraction of sp³-hybridized carbons (Fsp3) is 0.667. The second-order valence-corrected chi connectivity index (χ2v) is 5.85. The third-order valence-electron chi connectivity index (χ3n) is 2.27. The number of nitrogens with one attached hydrogen (secondary N) is 1. The summed E-state index contributed by atoms with van der Waals surface area (Å²) in [5, 5.41) is 15.6. The largest absolute Gasteiger partial charge is 0.386 e. The number of hydrogen-bond donors (Lipinski definition) is 2. The first-order valence-electron chi connectivity index (χ1n) is 5.43. The van der Waals surface area contributed by atoms with E-state index in [1.54, 1.807) is 11.3 Å². The second-order valence-electron chi connectivity index (χ2n) is 4.87. The molecule has 0 aliphatic rings. The van der Waals surface area contributed by atoms with Gasteiger partial charge in [-0.2, -0.15) is 0 Å². The normalized spacial score (nSPS) is 16.3. The summed E-state index contributed by atoms with van der Waals surface area (Å²) < 4.78 is 0. The number of aliphatic hydroxyl groups is 1. The monoisotopic (exact) mass is 227 g/mol. The highest BCUT2D eigenvalue weighted by Gasteiger charge is 2.24. The molecule has 0 aliphatic heterocycles. The average molecular weight is 227 g/mol. The molecule has 1 aromatic heterocycles. The molecule has 1 rings (SSSR count). The van der Waals surface area contributed by atoms with Gasteiger partial charge in [0.05, 0.1) is 0 Å². The van der Waals surface area contributed by atoms with Crippen molar-refractivity contribution in [1.82, 2.24) is 5.32 Å². The molecule has 0 spiro atoms. The Labute approximate surface area is 96.3 Å². The van der Waals surface area contributed by atoms with Gasteiger partial charge < -0.3 is 10.4 Å². The zero-order valence-corrected chi connectivity index (χ0v) is 10.8. The molecule has 0 aromatic carbocycles. The van der Waals surface area contributed by atoms with Crippen LogP contribution in [-0.4, -0.2) is 16.7 Å². The third kappa shape index (κ3) is 3.93. The molecule has 0 bridgehead atoms. The summed E-state index contributed by atoms with van der Waals surface area (Å²) in [5.41, 5.74) is 0.0406. The molecular weight excluding hydrogens is 206 g/mol. The van der Waals surface area contributed by atoms with Gasteiger partial charge in [-0.15, -0.1) is 11.3 Å². The summed E-state index contributed by atoms with van der Waals surface area (Å²) in [6, 6.07) is 4.10. The summed E-state index contributed by atoms with van der Waals surface area (Å²) in [6.07, 6.45) is 0.533. The molecule has 0 saturated carbocycles. The van der Waals surface area contributed by atoms with Crippen molar-refractivity contribution in [1.29, 1.82) is 0 Å². The molecule has 0 saturated heterocycles. The predicted octanol–water partition coefficient (Wildman–Crippen LogP) is 2.95.